The lowest BCUT2D eigenvalue weighted by Crippen LogP contribution is -2.52. The van der Waals surface area contributed by atoms with Gasteiger partial charge in [-0.15, -0.1) is 0 Å². The first-order chi connectivity index (χ1) is 16.2. The largest absolute Gasteiger partial charge is 0.417 e. The van der Waals surface area contributed by atoms with Gasteiger partial charge in [0.05, 0.1) is 11.3 Å². The summed E-state index contributed by atoms with van der Waals surface area (Å²) in [5.74, 6) is -2.89. The van der Waals surface area contributed by atoms with Gasteiger partial charge in [-0.2, -0.15) is 13.2 Å². The van der Waals surface area contributed by atoms with Crippen molar-refractivity contribution >= 4 is 23.3 Å². The molecule has 1 aromatic heterocycles. The highest BCUT2D eigenvalue weighted by Gasteiger charge is 2.54. The van der Waals surface area contributed by atoms with E-state index in [0.717, 1.165) is 0 Å². The number of nitrogens with one attached hydrogen (secondary N) is 2. The molecule has 1 saturated carbocycles. The van der Waals surface area contributed by atoms with Crippen molar-refractivity contribution in [3.8, 4) is 0 Å². The van der Waals surface area contributed by atoms with Crippen LogP contribution in [0.25, 0.3) is 0 Å². The van der Waals surface area contributed by atoms with E-state index in [2.05, 4.69) is 10.6 Å². The highest BCUT2D eigenvalue weighted by atomic mass is 19.4. The number of amides is 2. The highest BCUT2D eigenvalue weighted by Crippen LogP contribution is 2.41. The van der Waals surface area contributed by atoms with Crippen LogP contribution in [-0.4, -0.2) is 45.1 Å². The van der Waals surface area contributed by atoms with Gasteiger partial charge < -0.3 is 20.3 Å². The van der Waals surface area contributed by atoms with Gasteiger partial charge in [0.2, 0.25) is 0 Å². The summed E-state index contributed by atoms with van der Waals surface area (Å²) in [6.45, 7) is 4.67. The van der Waals surface area contributed by atoms with Crippen LogP contribution < -0.4 is 10.6 Å². The summed E-state index contributed by atoms with van der Waals surface area (Å²) in [6.07, 6.45) is -6.19. The van der Waals surface area contributed by atoms with Gasteiger partial charge in [0.25, 0.3) is 17.6 Å². The number of anilines is 1. The molecule has 0 aliphatic heterocycles. The molecule has 2 aromatic rings. The maximum atomic E-state index is 13.5. The highest BCUT2D eigenvalue weighted by molar-refractivity contribution is 6.43. The second-order valence-corrected chi connectivity index (χ2v) is 9.02. The average molecular weight is 497 g/mol. The van der Waals surface area contributed by atoms with Gasteiger partial charge in [-0.3, -0.25) is 14.4 Å². The Morgan fingerprint density at radius 1 is 1.11 bits per heavy atom. The number of benzene rings is 1. The molecule has 2 amide bonds. The van der Waals surface area contributed by atoms with E-state index in [0.29, 0.717) is 16.9 Å². The summed E-state index contributed by atoms with van der Waals surface area (Å²) in [7, 11) is 1.52. The van der Waals surface area contributed by atoms with Crippen LogP contribution in [-0.2, 0) is 11.8 Å². The van der Waals surface area contributed by atoms with E-state index in [9.17, 15) is 37.1 Å². The average Bonchev–Trinajstić information content (AvgIpc) is 2.99. The van der Waals surface area contributed by atoms with Gasteiger partial charge in [0.15, 0.2) is 5.60 Å². The second-order valence-electron chi connectivity index (χ2n) is 9.02. The number of aromatic nitrogens is 1. The van der Waals surface area contributed by atoms with E-state index >= 15 is 0 Å². The van der Waals surface area contributed by atoms with E-state index in [4.69, 9.17) is 0 Å². The first kappa shape index (κ1) is 26.4. The molecule has 1 aliphatic rings. The minimum absolute atomic E-state index is 0.0250. The third-order valence-electron chi connectivity index (χ3n) is 6.67. The molecule has 35 heavy (non-hydrogen) atoms. The van der Waals surface area contributed by atoms with E-state index in [-0.39, 0.29) is 29.7 Å². The number of carbonyl (C=O) groups excluding carboxylic acids is 3. The first-order valence-corrected chi connectivity index (χ1v) is 11.0. The number of hydrogen-bond acceptors (Lipinski definition) is 4. The Bertz CT molecular complexity index is 1180. The second kappa shape index (κ2) is 9.44. The lowest BCUT2D eigenvalue weighted by molar-refractivity contribution is -0.270. The number of Topliss-reactive ketones (excluding diaryl/α,β-unsaturated/α-hetero) is 1. The van der Waals surface area contributed by atoms with Crippen molar-refractivity contribution in [1.29, 1.82) is 0 Å². The minimum Gasteiger partial charge on any atom is -0.380 e. The number of nitrogens with zero attached hydrogens (tertiary/aromatic N) is 1. The van der Waals surface area contributed by atoms with Crippen molar-refractivity contribution in [1.82, 2.24) is 9.88 Å². The molecule has 11 heteroatoms. The zero-order valence-electron chi connectivity index (χ0n) is 19.8. The zero-order valence-corrected chi connectivity index (χ0v) is 19.8. The lowest BCUT2D eigenvalue weighted by Gasteiger charge is -2.37. The van der Waals surface area contributed by atoms with E-state index in [1.807, 2.05) is 0 Å². The fourth-order valence-corrected chi connectivity index (χ4v) is 4.43. The van der Waals surface area contributed by atoms with Crippen molar-refractivity contribution in [2.75, 3.05) is 5.32 Å². The monoisotopic (exact) mass is 497 g/mol. The topological polar surface area (TPSA) is 100 Å². The van der Waals surface area contributed by atoms with Crippen molar-refractivity contribution in [2.24, 2.45) is 7.05 Å². The molecule has 0 saturated heterocycles. The van der Waals surface area contributed by atoms with Crippen LogP contribution in [0.4, 0.5) is 23.2 Å². The van der Waals surface area contributed by atoms with Crippen molar-refractivity contribution in [3.05, 3.63) is 52.1 Å². The Kier molecular flexibility index (Phi) is 7.12. The molecule has 190 valence electrons. The van der Waals surface area contributed by atoms with Crippen molar-refractivity contribution in [3.63, 3.8) is 0 Å². The van der Waals surface area contributed by atoms with Crippen LogP contribution in [0.2, 0.25) is 0 Å². The summed E-state index contributed by atoms with van der Waals surface area (Å²) in [5.41, 5.74) is -1.26. The number of aryl methyl sites for hydroxylation is 1. The number of aliphatic hydroxyl groups is 1. The number of alkyl halides is 3. The number of hydrogen-bond donors (Lipinski definition) is 3. The zero-order chi connectivity index (χ0) is 26.3. The summed E-state index contributed by atoms with van der Waals surface area (Å²) in [5, 5.41) is 14.9. The molecular weight excluding hydrogens is 470 g/mol. The molecule has 7 nitrogen and oxygen atoms in total. The van der Waals surface area contributed by atoms with Gasteiger partial charge in [-0.05, 0) is 75.8 Å². The fourth-order valence-electron chi connectivity index (χ4n) is 4.43. The summed E-state index contributed by atoms with van der Waals surface area (Å²) in [6, 6.07) is 3.39. The third-order valence-corrected chi connectivity index (χ3v) is 6.67. The normalized spacial score (nSPS) is 20.4. The van der Waals surface area contributed by atoms with Gasteiger partial charge in [0.1, 0.15) is 5.82 Å². The Hall–Kier alpha value is -3.21. The van der Waals surface area contributed by atoms with Crippen LogP contribution in [0.1, 0.15) is 63.4 Å². The Balaban J connectivity index is 1.75. The molecule has 1 fully saturated rings. The maximum Gasteiger partial charge on any atom is 0.417 e. The lowest BCUT2D eigenvalue weighted by atomic mass is 9.81. The maximum absolute atomic E-state index is 13.5. The molecule has 0 spiro atoms. The van der Waals surface area contributed by atoms with Crippen LogP contribution in [0, 0.1) is 26.6 Å². The number of halogens is 4. The van der Waals surface area contributed by atoms with Crippen LogP contribution in [0.15, 0.2) is 18.2 Å². The molecule has 1 heterocycles. The molecule has 0 bridgehead atoms. The van der Waals surface area contributed by atoms with Gasteiger partial charge in [-0.25, -0.2) is 4.39 Å². The minimum atomic E-state index is -4.76. The van der Waals surface area contributed by atoms with E-state index in [1.165, 1.54) is 36.7 Å². The fraction of sp³-hybridized carbons (Fsp3) is 0.458. The summed E-state index contributed by atoms with van der Waals surface area (Å²) < 4.78 is 53.9. The standard InChI is InChI=1S/C24H27F4N3O4/c1-12-11-16(5-6-17(12)25)30-21(33)18-13(2)19(31(4)14(18)3)20(32)22(34)29-15-7-9-23(35,10-8-15)24(26,27)28/h5-6,11,15,35H,7-10H2,1-4H3,(H,29,34)(H,30,33)/t15-,23-. The van der Waals surface area contributed by atoms with Gasteiger partial charge in [0, 0.05) is 24.5 Å². The van der Waals surface area contributed by atoms with Gasteiger partial charge in [-0.1, -0.05) is 0 Å². The molecule has 1 aromatic carbocycles. The van der Waals surface area contributed by atoms with E-state index < -0.39 is 54.1 Å². The molecule has 3 N–H and O–H groups in total. The number of rotatable bonds is 5. The molecule has 0 radical (unpaired) electrons. The molecule has 1 aliphatic carbocycles. The van der Waals surface area contributed by atoms with Crippen LogP contribution in [0.5, 0.6) is 0 Å². The molecular formula is C24H27F4N3O4. The Morgan fingerprint density at radius 2 is 1.71 bits per heavy atom. The van der Waals surface area contributed by atoms with Crippen LogP contribution in [0.3, 0.4) is 0 Å². The van der Waals surface area contributed by atoms with Crippen LogP contribution >= 0.6 is 0 Å². The number of carbonyl (C=O) groups is 3. The predicted molar refractivity (Wildman–Crippen MR) is 120 cm³/mol. The Labute approximate surface area is 199 Å². The molecule has 3 rings (SSSR count). The first-order valence-electron chi connectivity index (χ1n) is 11.0. The van der Waals surface area contributed by atoms with Crippen molar-refractivity contribution in [2.45, 2.75) is 64.3 Å². The smallest absolute Gasteiger partial charge is 0.380 e. The quantitative estimate of drug-likeness (QED) is 0.332. The summed E-state index contributed by atoms with van der Waals surface area (Å²) >= 11 is 0. The van der Waals surface area contributed by atoms with E-state index in [1.54, 1.807) is 13.8 Å². The number of ketones is 1. The van der Waals surface area contributed by atoms with Crippen molar-refractivity contribution < 1.29 is 37.1 Å². The third kappa shape index (κ3) is 5.09. The molecule has 0 unspecified atom stereocenters. The summed E-state index contributed by atoms with van der Waals surface area (Å²) in [4.78, 5) is 38.5. The predicted octanol–water partition coefficient (Wildman–Crippen LogP) is 3.88. The molecule has 0 atom stereocenters. The SMILES string of the molecule is Cc1cc(NC(=O)c2c(C)c(C(=O)C(=O)N[C@H]3CC[C@@](O)(C(F)(F)F)CC3)n(C)c2C)ccc1F. The Morgan fingerprint density at radius 3 is 2.26 bits per heavy atom. The van der Waals surface area contributed by atoms with Gasteiger partial charge >= 0.3 is 6.18 Å².